The number of methoxy groups -OCH3 is 1. The first-order chi connectivity index (χ1) is 6.40. The lowest BCUT2D eigenvalue weighted by Gasteiger charge is -2.03. The Labute approximate surface area is 76.6 Å². The van der Waals surface area contributed by atoms with Gasteiger partial charge in [0.25, 0.3) is 0 Å². The summed E-state index contributed by atoms with van der Waals surface area (Å²) in [5, 5.41) is 4.07. The number of hydrogen-bond acceptors (Lipinski definition) is 2. The van der Waals surface area contributed by atoms with Crippen LogP contribution in [-0.2, 0) is 0 Å². The molecule has 0 amide bonds. The maximum absolute atomic E-state index is 5.10. The molecule has 1 aromatic heterocycles. The third-order valence-corrected chi connectivity index (χ3v) is 1.75. The first-order valence-corrected chi connectivity index (χ1v) is 3.96. The molecule has 0 aliphatic carbocycles. The summed E-state index contributed by atoms with van der Waals surface area (Å²) in [5.41, 5.74) is 0.948. The van der Waals surface area contributed by atoms with E-state index in [4.69, 9.17) is 4.74 Å². The van der Waals surface area contributed by atoms with E-state index in [-0.39, 0.29) is 0 Å². The van der Waals surface area contributed by atoms with Crippen molar-refractivity contribution in [1.82, 2.24) is 9.78 Å². The minimum Gasteiger partial charge on any atom is -0.497 e. The molecule has 0 fully saturated rings. The summed E-state index contributed by atoms with van der Waals surface area (Å²) in [7, 11) is 1.64. The molecular formula is C10H9N2O. The summed E-state index contributed by atoms with van der Waals surface area (Å²) in [6.07, 6.45) is 4.65. The van der Waals surface area contributed by atoms with Crippen molar-refractivity contribution in [2.75, 3.05) is 7.11 Å². The van der Waals surface area contributed by atoms with E-state index in [0.29, 0.717) is 0 Å². The van der Waals surface area contributed by atoms with Crippen molar-refractivity contribution in [3.63, 3.8) is 0 Å². The van der Waals surface area contributed by atoms with Gasteiger partial charge in [0.05, 0.1) is 25.2 Å². The monoisotopic (exact) mass is 173 g/mol. The van der Waals surface area contributed by atoms with Crippen LogP contribution < -0.4 is 4.74 Å². The van der Waals surface area contributed by atoms with Gasteiger partial charge in [-0.05, 0) is 18.2 Å². The van der Waals surface area contributed by atoms with Gasteiger partial charge in [-0.1, -0.05) is 6.07 Å². The van der Waals surface area contributed by atoms with Crippen molar-refractivity contribution in [2.45, 2.75) is 0 Å². The molecule has 0 saturated heterocycles. The van der Waals surface area contributed by atoms with Crippen LogP contribution in [0.3, 0.4) is 0 Å². The molecule has 1 heterocycles. The summed E-state index contributed by atoms with van der Waals surface area (Å²) < 4.78 is 6.77. The van der Waals surface area contributed by atoms with Crippen molar-refractivity contribution < 1.29 is 4.74 Å². The van der Waals surface area contributed by atoms with Crippen LogP contribution in [0.25, 0.3) is 5.69 Å². The molecule has 2 aromatic rings. The van der Waals surface area contributed by atoms with Gasteiger partial charge < -0.3 is 4.74 Å². The Morgan fingerprint density at radius 3 is 3.08 bits per heavy atom. The molecule has 1 radical (unpaired) electrons. The molecule has 0 N–H and O–H groups in total. The minimum atomic E-state index is 0.821. The fourth-order valence-electron chi connectivity index (χ4n) is 1.12. The van der Waals surface area contributed by atoms with Gasteiger partial charge >= 0.3 is 0 Å². The molecule has 13 heavy (non-hydrogen) atoms. The summed E-state index contributed by atoms with van der Waals surface area (Å²) in [6, 6.07) is 9.44. The molecule has 0 spiro atoms. The summed E-state index contributed by atoms with van der Waals surface area (Å²) in [6.45, 7) is 0. The van der Waals surface area contributed by atoms with Gasteiger partial charge in [0.15, 0.2) is 0 Å². The van der Waals surface area contributed by atoms with Gasteiger partial charge in [-0.15, -0.1) is 0 Å². The lowest BCUT2D eigenvalue weighted by molar-refractivity contribution is 0.414. The Kier molecular flexibility index (Phi) is 2.00. The lowest BCUT2D eigenvalue weighted by atomic mass is 10.3. The molecule has 2 rings (SSSR count). The molecule has 65 valence electrons. The first-order valence-electron chi connectivity index (χ1n) is 3.96. The van der Waals surface area contributed by atoms with E-state index in [9.17, 15) is 0 Å². The first kappa shape index (κ1) is 7.86. The van der Waals surface area contributed by atoms with E-state index in [1.165, 1.54) is 0 Å². The fourth-order valence-corrected chi connectivity index (χ4v) is 1.12. The zero-order chi connectivity index (χ0) is 9.10. The second-order valence-electron chi connectivity index (χ2n) is 2.57. The molecule has 1 aromatic carbocycles. The van der Waals surface area contributed by atoms with E-state index in [1.54, 1.807) is 24.1 Å². The number of hydrogen-bond donors (Lipinski definition) is 0. The number of aromatic nitrogens is 2. The van der Waals surface area contributed by atoms with Gasteiger partial charge in [0, 0.05) is 6.07 Å². The highest BCUT2D eigenvalue weighted by atomic mass is 16.5. The van der Waals surface area contributed by atoms with Crippen molar-refractivity contribution >= 4 is 0 Å². The topological polar surface area (TPSA) is 27.1 Å². The Balaban J connectivity index is 2.41. The second kappa shape index (κ2) is 3.31. The molecule has 0 saturated carbocycles. The highest BCUT2D eigenvalue weighted by Crippen LogP contribution is 2.14. The van der Waals surface area contributed by atoms with Gasteiger partial charge in [0.2, 0.25) is 0 Å². The molecule has 0 unspecified atom stereocenters. The quantitative estimate of drug-likeness (QED) is 0.690. The number of ether oxygens (including phenoxy) is 1. The van der Waals surface area contributed by atoms with Crippen LogP contribution in [0.2, 0.25) is 0 Å². The molecule has 0 bridgehead atoms. The normalized spacial score (nSPS) is 9.92. The zero-order valence-corrected chi connectivity index (χ0v) is 7.27. The molecule has 0 atom stereocenters. The summed E-state index contributed by atoms with van der Waals surface area (Å²) >= 11 is 0. The van der Waals surface area contributed by atoms with Crippen LogP contribution in [0.4, 0.5) is 0 Å². The highest BCUT2D eigenvalue weighted by Gasteiger charge is 1.97. The van der Waals surface area contributed by atoms with Crippen molar-refractivity contribution in [1.29, 1.82) is 0 Å². The van der Waals surface area contributed by atoms with E-state index < -0.39 is 0 Å². The number of rotatable bonds is 2. The number of nitrogens with zero attached hydrogens (tertiary/aromatic N) is 2. The maximum atomic E-state index is 5.10. The zero-order valence-electron chi connectivity index (χ0n) is 7.27. The molecule has 0 aliphatic rings. The standard InChI is InChI=1S/C10H9N2O/c1-13-10-5-2-4-9(8-10)12-7-3-6-11-12/h2-6,8H,1H3. The van der Waals surface area contributed by atoms with Gasteiger partial charge in [0.1, 0.15) is 5.75 Å². The van der Waals surface area contributed by atoms with E-state index in [2.05, 4.69) is 11.3 Å². The van der Waals surface area contributed by atoms with E-state index >= 15 is 0 Å². The Morgan fingerprint density at radius 1 is 1.46 bits per heavy atom. The van der Waals surface area contributed by atoms with Crippen molar-refractivity contribution in [3.05, 3.63) is 42.7 Å². The van der Waals surface area contributed by atoms with Gasteiger partial charge in [-0.3, -0.25) is 0 Å². The minimum absolute atomic E-state index is 0.821. The summed E-state index contributed by atoms with van der Waals surface area (Å²) in [4.78, 5) is 0. The second-order valence-corrected chi connectivity index (χ2v) is 2.57. The lowest BCUT2D eigenvalue weighted by Crippen LogP contribution is -1.94. The molecule has 3 heteroatoms. The Hall–Kier alpha value is -1.77. The van der Waals surface area contributed by atoms with Crippen molar-refractivity contribution in [3.8, 4) is 11.4 Å². The van der Waals surface area contributed by atoms with Crippen molar-refractivity contribution in [2.24, 2.45) is 0 Å². The molecular weight excluding hydrogens is 164 g/mol. The smallest absolute Gasteiger partial charge is 0.121 e. The average molecular weight is 173 g/mol. The largest absolute Gasteiger partial charge is 0.497 e. The van der Waals surface area contributed by atoms with Crippen LogP contribution in [-0.4, -0.2) is 16.9 Å². The predicted octanol–water partition coefficient (Wildman–Crippen LogP) is 1.68. The molecule has 3 nitrogen and oxygen atoms in total. The summed E-state index contributed by atoms with van der Waals surface area (Å²) in [5.74, 6) is 0.821. The van der Waals surface area contributed by atoms with E-state index in [0.717, 1.165) is 11.4 Å². The van der Waals surface area contributed by atoms with Crippen LogP contribution in [0.15, 0.2) is 36.5 Å². The highest BCUT2D eigenvalue weighted by molar-refractivity contribution is 5.38. The maximum Gasteiger partial charge on any atom is 0.121 e. The van der Waals surface area contributed by atoms with Gasteiger partial charge in [-0.2, -0.15) is 5.10 Å². The predicted molar refractivity (Wildman–Crippen MR) is 49.0 cm³/mol. The van der Waals surface area contributed by atoms with Crippen LogP contribution in [0.1, 0.15) is 0 Å². The SMILES string of the molecule is COc1cccc(-n2[c]ccn2)c1. The number of benzene rings is 1. The third-order valence-electron chi connectivity index (χ3n) is 1.75. The molecule has 0 aliphatic heterocycles. The van der Waals surface area contributed by atoms with Crippen LogP contribution in [0, 0.1) is 6.20 Å². The third kappa shape index (κ3) is 1.54. The van der Waals surface area contributed by atoms with Crippen LogP contribution >= 0.6 is 0 Å². The van der Waals surface area contributed by atoms with Gasteiger partial charge in [-0.25, -0.2) is 4.68 Å². The Bertz CT molecular complexity index is 382. The average Bonchev–Trinajstić information content (AvgIpc) is 2.71. The van der Waals surface area contributed by atoms with Crippen LogP contribution in [0.5, 0.6) is 5.75 Å². The Morgan fingerprint density at radius 2 is 2.38 bits per heavy atom. The fraction of sp³-hybridized carbons (Fsp3) is 0.100. The van der Waals surface area contributed by atoms with E-state index in [1.807, 2.05) is 24.3 Å².